The van der Waals surface area contributed by atoms with E-state index in [9.17, 15) is 4.79 Å². The Morgan fingerprint density at radius 2 is 2.00 bits per heavy atom. The van der Waals surface area contributed by atoms with Crippen LogP contribution in [0.1, 0.15) is 40.6 Å². The number of hydrogen-bond acceptors (Lipinski definition) is 8. The maximum absolute atomic E-state index is 12.2. The van der Waals surface area contributed by atoms with Crippen molar-refractivity contribution in [3.63, 3.8) is 0 Å². The number of carbonyl (C=O) groups is 1. The van der Waals surface area contributed by atoms with Gasteiger partial charge in [0.2, 0.25) is 0 Å². The maximum Gasteiger partial charge on any atom is 0.338 e. The van der Waals surface area contributed by atoms with Crippen molar-refractivity contribution in [3.05, 3.63) is 53.3 Å². The summed E-state index contributed by atoms with van der Waals surface area (Å²) < 4.78 is 27.5. The first-order valence-electron chi connectivity index (χ1n) is 9.50. The summed E-state index contributed by atoms with van der Waals surface area (Å²) in [5.41, 5.74) is 1.14. The quantitative estimate of drug-likeness (QED) is 0.554. The third-order valence-electron chi connectivity index (χ3n) is 4.61. The number of carbonyl (C=O) groups excluding carboxylic acids is 1. The number of esters is 1. The standard InChI is InChI=1S/C21H22N2O6/c1-13-10-18(14(2)28-13)20-23-22-19(29-20)12-27-21(24)15-5-7-16(8-6-15)26-11-17-4-3-9-25-17/h5-8,10,17H,3-4,9,11-12H2,1-2H3/t17-/m1/s1. The highest BCUT2D eigenvalue weighted by Crippen LogP contribution is 2.25. The summed E-state index contributed by atoms with van der Waals surface area (Å²) in [6.07, 6.45) is 2.23. The lowest BCUT2D eigenvalue weighted by atomic mass is 10.2. The second kappa shape index (κ2) is 8.48. The van der Waals surface area contributed by atoms with Crippen LogP contribution in [0.4, 0.5) is 0 Å². The zero-order chi connectivity index (χ0) is 20.2. The zero-order valence-corrected chi connectivity index (χ0v) is 16.3. The molecule has 29 heavy (non-hydrogen) atoms. The van der Waals surface area contributed by atoms with Gasteiger partial charge in [0.05, 0.1) is 17.2 Å². The lowest BCUT2D eigenvalue weighted by Crippen LogP contribution is -2.16. The van der Waals surface area contributed by atoms with Gasteiger partial charge in [-0.3, -0.25) is 0 Å². The van der Waals surface area contributed by atoms with Crippen molar-refractivity contribution in [2.45, 2.75) is 39.4 Å². The van der Waals surface area contributed by atoms with E-state index in [1.165, 1.54) is 0 Å². The van der Waals surface area contributed by atoms with E-state index in [1.807, 2.05) is 19.9 Å². The van der Waals surface area contributed by atoms with Crippen molar-refractivity contribution in [2.24, 2.45) is 0 Å². The van der Waals surface area contributed by atoms with Gasteiger partial charge >= 0.3 is 5.97 Å². The first kappa shape index (κ1) is 19.2. The topological polar surface area (TPSA) is 96.8 Å². The molecular formula is C21H22N2O6. The Morgan fingerprint density at radius 3 is 2.69 bits per heavy atom. The molecule has 1 saturated heterocycles. The molecule has 0 N–H and O–H groups in total. The van der Waals surface area contributed by atoms with E-state index in [1.54, 1.807) is 24.3 Å². The molecular weight excluding hydrogens is 376 g/mol. The molecule has 0 aliphatic carbocycles. The Balaban J connectivity index is 1.30. The Bertz CT molecular complexity index is 969. The second-order valence-electron chi connectivity index (χ2n) is 6.87. The molecule has 0 spiro atoms. The van der Waals surface area contributed by atoms with Crippen LogP contribution in [0, 0.1) is 13.8 Å². The fourth-order valence-corrected chi connectivity index (χ4v) is 3.13. The van der Waals surface area contributed by atoms with E-state index in [-0.39, 0.29) is 18.6 Å². The molecule has 1 aliphatic heterocycles. The lowest BCUT2D eigenvalue weighted by Gasteiger charge is -2.11. The number of furan rings is 1. The molecule has 0 amide bonds. The van der Waals surface area contributed by atoms with E-state index >= 15 is 0 Å². The molecule has 4 rings (SSSR count). The van der Waals surface area contributed by atoms with E-state index in [2.05, 4.69) is 10.2 Å². The fourth-order valence-electron chi connectivity index (χ4n) is 3.13. The minimum atomic E-state index is -0.481. The van der Waals surface area contributed by atoms with Gasteiger partial charge in [0.25, 0.3) is 11.8 Å². The Hall–Kier alpha value is -3.13. The smallest absolute Gasteiger partial charge is 0.338 e. The minimum Gasteiger partial charge on any atom is -0.491 e. The van der Waals surface area contributed by atoms with Gasteiger partial charge in [0, 0.05) is 6.61 Å². The summed E-state index contributed by atoms with van der Waals surface area (Å²) in [7, 11) is 0. The number of hydrogen-bond donors (Lipinski definition) is 0. The third kappa shape index (κ3) is 4.65. The van der Waals surface area contributed by atoms with Crippen molar-refractivity contribution >= 4 is 5.97 Å². The number of aromatic nitrogens is 2. The average molecular weight is 398 g/mol. The molecule has 1 aromatic carbocycles. The number of nitrogens with zero attached hydrogens (tertiary/aromatic N) is 2. The largest absolute Gasteiger partial charge is 0.491 e. The van der Waals surface area contributed by atoms with Gasteiger partial charge in [-0.25, -0.2) is 4.79 Å². The van der Waals surface area contributed by atoms with E-state index < -0.39 is 5.97 Å². The second-order valence-corrected chi connectivity index (χ2v) is 6.87. The molecule has 3 aromatic rings. The third-order valence-corrected chi connectivity index (χ3v) is 4.61. The predicted octanol–water partition coefficient (Wildman–Crippen LogP) is 3.86. The zero-order valence-electron chi connectivity index (χ0n) is 16.3. The molecule has 2 aromatic heterocycles. The van der Waals surface area contributed by atoms with Crippen LogP contribution in [-0.2, 0) is 16.1 Å². The van der Waals surface area contributed by atoms with Crippen LogP contribution in [0.2, 0.25) is 0 Å². The van der Waals surface area contributed by atoms with E-state index in [0.717, 1.165) is 30.8 Å². The molecule has 0 saturated carbocycles. The molecule has 0 radical (unpaired) electrons. The summed E-state index contributed by atoms with van der Waals surface area (Å²) in [5, 5.41) is 7.90. The number of ether oxygens (including phenoxy) is 3. The highest BCUT2D eigenvalue weighted by atomic mass is 16.5. The highest BCUT2D eigenvalue weighted by Gasteiger charge is 2.17. The summed E-state index contributed by atoms with van der Waals surface area (Å²) in [5.74, 6) is 2.19. The predicted molar refractivity (Wildman–Crippen MR) is 102 cm³/mol. The van der Waals surface area contributed by atoms with E-state index in [0.29, 0.717) is 29.6 Å². The van der Waals surface area contributed by atoms with Crippen LogP contribution in [-0.4, -0.2) is 35.5 Å². The average Bonchev–Trinajstić information content (AvgIpc) is 3.46. The van der Waals surface area contributed by atoms with Crippen LogP contribution >= 0.6 is 0 Å². The van der Waals surface area contributed by atoms with Gasteiger partial charge in [-0.1, -0.05) is 0 Å². The SMILES string of the molecule is Cc1cc(-c2nnc(COC(=O)c3ccc(OC[C@H]4CCCO4)cc3)o2)c(C)o1. The van der Waals surface area contributed by atoms with Crippen molar-refractivity contribution in [1.29, 1.82) is 0 Å². The first-order chi connectivity index (χ1) is 14.1. The molecule has 3 heterocycles. The number of aryl methyl sites for hydroxylation is 2. The van der Waals surface area contributed by atoms with E-state index in [4.69, 9.17) is 23.0 Å². The van der Waals surface area contributed by atoms with Crippen molar-refractivity contribution in [1.82, 2.24) is 10.2 Å². The van der Waals surface area contributed by atoms with Crippen molar-refractivity contribution < 1.29 is 27.8 Å². The first-order valence-corrected chi connectivity index (χ1v) is 9.50. The molecule has 0 unspecified atom stereocenters. The van der Waals surface area contributed by atoms with Gasteiger partial charge < -0.3 is 23.0 Å². The molecule has 8 heteroatoms. The molecule has 1 atom stereocenters. The van der Waals surface area contributed by atoms with Crippen LogP contribution in [0.15, 0.2) is 39.2 Å². The molecule has 0 bridgehead atoms. The van der Waals surface area contributed by atoms with Crippen LogP contribution in [0.3, 0.4) is 0 Å². The summed E-state index contributed by atoms with van der Waals surface area (Å²) in [6.45, 7) is 4.86. The van der Waals surface area contributed by atoms with Gasteiger partial charge in [-0.05, 0) is 57.0 Å². The summed E-state index contributed by atoms with van der Waals surface area (Å²) in [4.78, 5) is 12.2. The Kier molecular flexibility index (Phi) is 5.62. The molecule has 8 nitrogen and oxygen atoms in total. The van der Waals surface area contributed by atoms with Crippen molar-refractivity contribution in [3.8, 4) is 17.2 Å². The van der Waals surface area contributed by atoms with Crippen LogP contribution < -0.4 is 4.74 Å². The number of rotatable bonds is 7. The molecule has 1 fully saturated rings. The summed E-state index contributed by atoms with van der Waals surface area (Å²) in [6, 6.07) is 8.61. The minimum absolute atomic E-state index is 0.112. The summed E-state index contributed by atoms with van der Waals surface area (Å²) >= 11 is 0. The fraction of sp³-hybridized carbons (Fsp3) is 0.381. The van der Waals surface area contributed by atoms with Crippen LogP contribution in [0.5, 0.6) is 5.75 Å². The molecule has 152 valence electrons. The highest BCUT2D eigenvalue weighted by molar-refractivity contribution is 5.89. The van der Waals surface area contributed by atoms with Crippen LogP contribution in [0.25, 0.3) is 11.5 Å². The van der Waals surface area contributed by atoms with Gasteiger partial charge in [0.15, 0.2) is 6.61 Å². The Morgan fingerprint density at radius 1 is 1.17 bits per heavy atom. The maximum atomic E-state index is 12.2. The van der Waals surface area contributed by atoms with Crippen molar-refractivity contribution in [2.75, 3.05) is 13.2 Å². The Labute approximate surface area is 167 Å². The normalized spacial score (nSPS) is 16.1. The number of benzene rings is 1. The van der Waals surface area contributed by atoms with Gasteiger partial charge in [0.1, 0.15) is 23.9 Å². The van der Waals surface area contributed by atoms with Gasteiger partial charge in [-0.2, -0.15) is 0 Å². The monoisotopic (exact) mass is 398 g/mol. The van der Waals surface area contributed by atoms with Gasteiger partial charge in [-0.15, -0.1) is 10.2 Å². The lowest BCUT2D eigenvalue weighted by molar-refractivity contribution is 0.0438. The molecule has 1 aliphatic rings.